The molecule has 3 rings (SSSR count). The fraction of sp³-hybridized carbons (Fsp3) is 0.500. The molecule has 0 unspecified atom stereocenters. The Morgan fingerprint density at radius 2 is 0.708 bits per heavy atom. The van der Waals surface area contributed by atoms with Crippen molar-refractivity contribution in [2.45, 2.75) is 79.1 Å². The number of hydrogen-bond donors (Lipinski definition) is 0. The topological polar surface area (TPSA) is 0 Å². The molecule has 128 valence electrons. The van der Waals surface area contributed by atoms with E-state index in [2.05, 4.69) is 52.0 Å². The predicted octanol–water partition coefficient (Wildman–Crippen LogP) is 5.82. The van der Waals surface area contributed by atoms with E-state index in [1.54, 1.807) is 44.5 Å². The van der Waals surface area contributed by atoms with E-state index in [-0.39, 0.29) is 0 Å². The smallest absolute Gasteiger partial charge is 0.0235 e. The molecule has 0 heteroatoms. The van der Waals surface area contributed by atoms with Crippen LogP contribution in [-0.4, -0.2) is 0 Å². The first kappa shape index (κ1) is 17.3. The van der Waals surface area contributed by atoms with E-state index >= 15 is 0 Å². The summed E-state index contributed by atoms with van der Waals surface area (Å²) in [5.74, 6) is 0. The molecule has 0 fully saturated rings. The van der Waals surface area contributed by atoms with E-state index in [4.69, 9.17) is 0 Å². The second-order valence-electron chi connectivity index (χ2n) is 7.19. The zero-order chi connectivity index (χ0) is 17.1. The Hall–Kier alpha value is -1.56. The summed E-state index contributed by atoms with van der Waals surface area (Å²) in [4.78, 5) is 0. The average Bonchev–Trinajstić information content (AvgIpc) is 2.63. The Morgan fingerprint density at radius 1 is 0.458 bits per heavy atom. The van der Waals surface area contributed by atoms with Crippen molar-refractivity contribution < 1.29 is 0 Å². The standard InChI is InChI=1S/C24H32/c1-5-17-13-18(6-2)22-11-12-24-16-23(10-9-21(17)15-22)19(7-3)14-20(24)8-4/h13-16H,5-12H2,1-4H3. The SMILES string of the molecule is CCc1cc(CC)c2cc1CCc1cc(c(CC)cc1CC)CC2. The number of aryl methyl sites for hydroxylation is 8. The second kappa shape index (κ2) is 7.55. The van der Waals surface area contributed by atoms with Crippen molar-refractivity contribution in [3.63, 3.8) is 0 Å². The van der Waals surface area contributed by atoms with Crippen molar-refractivity contribution in [1.82, 2.24) is 0 Å². The summed E-state index contributed by atoms with van der Waals surface area (Å²) in [6, 6.07) is 10.1. The highest BCUT2D eigenvalue weighted by Crippen LogP contribution is 2.27. The van der Waals surface area contributed by atoms with Crippen molar-refractivity contribution in [2.75, 3.05) is 0 Å². The lowest BCUT2D eigenvalue weighted by atomic mass is 9.85. The van der Waals surface area contributed by atoms with Crippen LogP contribution in [0.4, 0.5) is 0 Å². The highest BCUT2D eigenvalue weighted by atomic mass is 14.2. The van der Waals surface area contributed by atoms with Gasteiger partial charge in [-0.15, -0.1) is 0 Å². The molecule has 1 aliphatic rings. The van der Waals surface area contributed by atoms with Gasteiger partial charge < -0.3 is 0 Å². The van der Waals surface area contributed by atoms with E-state index in [9.17, 15) is 0 Å². The van der Waals surface area contributed by atoms with Crippen molar-refractivity contribution in [1.29, 1.82) is 0 Å². The molecular formula is C24H32. The van der Waals surface area contributed by atoms with Gasteiger partial charge >= 0.3 is 0 Å². The molecule has 1 aliphatic carbocycles. The number of hydrogen-bond acceptors (Lipinski definition) is 0. The molecule has 4 bridgehead atoms. The Balaban J connectivity index is 2.07. The van der Waals surface area contributed by atoms with Crippen LogP contribution in [0.25, 0.3) is 0 Å². The normalized spacial score (nSPS) is 13.8. The number of rotatable bonds is 4. The van der Waals surface area contributed by atoms with Crippen LogP contribution in [0.3, 0.4) is 0 Å². The molecular weight excluding hydrogens is 288 g/mol. The minimum absolute atomic E-state index is 1.16. The van der Waals surface area contributed by atoms with Gasteiger partial charge in [0.05, 0.1) is 0 Å². The van der Waals surface area contributed by atoms with Gasteiger partial charge in [-0.05, 0) is 95.9 Å². The highest BCUT2D eigenvalue weighted by molar-refractivity contribution is 5.44. The fourth-order valence-electron chi connectivity index (χ4n) is 4.37. The van der Waals surface area contributed by atoms with Crippen LogP contribution in [0.1, 0.15) is 72.2 Å². The maximum absolute atomic E-state index is 2.54. The average molecular weight is 321 g/mol. The van der Waals surface area contributed by atoms with Gasteiger partial charge in [-0.1, -0.05) is 52.0 Å². The third-order valence-corrected chi connectivity index (χ3v) is 5.89. The molecule has 24 heavy (non-hydrogen) atoms. The van der Waals surface area contributed by atoms with Gasteiger partial charge in [0.2, 0.25) is 0 Å². The molecule has 0 aromatic heterocycles. The maximum atomic E-state index is 2.54. The molecule has 0 radical (unpaired) electrons. The van der Waals surface area contributed by atoms with E-state index in [0.29, 0.717) is 0 Å². The largest absolute Gasteiger partial charge is 0.0613 e. The third-order valence-electron chi connectivity index (χ3n) is 5.89. The first-order chi connectivity index (χ1) is 11.7. The van der Waals surface area contributed by atoms with Gasteiger partial charge in [0.15, 0.2) is 0 Å². The summed E-state index contributed by atoms with van der Waals surface area (Å²) in [7, 11) is 0. The summed E-state index contributed by atoms with van der Waals surface area (Å²) in [6.45, 7) is 9.20. The molecule has 0 N–H and O–H groups in total. The Labute approximate surface area is 148 Å². The summed E-state index contributed by atoms with van der Waals surface area (Å²) in [6.07, 6.45) is 9.39. The zero-order valence-electron chi connectivity index (χ0n) is 16.0. The molecule has 0 aliphatic heterocycles. The molecule has 0 atom stereocenters. The summed E-state index contributed by atoms with van der Waals surface area (Å²) >= 11 is 0. The molecule has 0 spiro atoms. The lowest BCUT2D eigenvalue weighted by Gasteiger charge is -2.20. The molecule has 0 amide bonds. The van der Waals surface area contributed by atoms with Crippen LogP contribution >= 0.6 is 0 Å². The lowest BCUT2D eigenvalue weighted by molar-refractivity contribution is 0.848. The predicted molar refractivity (Wildman–Crippen MR) is 105 cm³/mol. The van der Waals surface area contributed by atoms with E-state index in [0.717, 1.165) is 25.7 Å². The van der Waals surface area contributed by atoms with Crippen LogP contribution in [0.15, 0.2) is 24.3 Å². The Bertz CT molecular complexity index is 603. The Morgan fingerprint density at radius 3 is 0.917 bits per heavy atom. The lowest BCUT2D eigenvalue weighted by Crippen LogP contribution is -2.09. The molecule has 2 aromatic rings. The van der Waals surface area contributed by atoms with Gasteiger partial charge in [-0.25, -0.2) is 0 Å². The van der Waals surface area contributed by atoms with Crippen LogP contribution in [-0.2, 0) is 51.4 Å². The zero-order valence-corrected chi connectivity index (χ0v) is 16.0. The first-order valence-electron chi connectivity index (χ1n) is 9.97. The second-order valence-corrected chi connectivity index (χ2v) is 7.19. The van der Waals surface area contributed by atoms with Crippen LogP contribution < -0.4 is 0 Å². The van der Waals surface area contributed by atoms with E-state index < -0.39 is 0 Å². The van der Waals surface area contributed by atoms with Crippen molar-refractivity contribution in [2.24, 2.45) is 0 Å². The molecule has 2 aromatic carbocycles. The van der Waals surface area contributed by atoms with Crippen LogP contribution in [0, 0.1) is 0 Å². The van der Waals surface area contributed by atoms with Crippen LogP contribution in [0.5, 0.6) is 0 Å². The van der Waals surface area contributed by atoms with Crippen molar-refractivity contribution in [3.05, 3.63) is 68.8 Å². The molecule has 0 nitrogen and oxygen atoms in total. The van der Waals surface area contributed by atoms with Crippen molar-refractivity contribution >= 4 is 0 Å². The quantitative estimate of drug-likeness (QED) is 0.666. The first-order valence-corrected chi connectivity index (χ1v) is 9.97. The highest BCUT2D eigenvalue weighted by Gasteiger charge is 2.14. The summed E-state index contributed by atoms with van der Waals surface area (Å²) in [5.41, 5.74) is 12.6. The minimum atomic E-state index is 1.16. The molecule has 0 saturated carbocycles. The minimum Gasteiger partial charge on any atom is -0.0613 e. The van der Waals surface area contributed by atoms with Gasteiger partial charge in [0.1, 0.15) is 0 Å². The van der Waals surface area contributed by atoms with E-state index in [1.807, 2.05) is 0 Å². The van der Waals surface area contributed by atoms with Gasteiger partial charge in [-0.2, -0.15) is 0 Å². The van der Waals surface area contributed by atoms with Crippen molar-refractivity contribution in [3.8, 4) is 0 Å². The Kier molecular flexibility index (Phi) is 5.43. The molecule has 0 saturated heterocycles. The third kappa shape index (κ3) is 3.29. The molecule has 0 heterocycles. The van der Waals surface area contributed by atoms with Gasteiger partial charge in [0, 0.05) is 0 Å². The maximum Gasteiger partial charge on any atom is -0.0235 e. The summed E-state index contributed by atoms with van der Waals surface area (Å²) in [5, 5.41) is 0. The monoisotopic (exact) mass is 320 g/mol. The summed E-state index contributed by atoms with van der Waals surface area (Å²) < 4.78 is 0. The van der Waals surface area contributed by atoms with Crippen LogP contribution in [0.2, 0.25) is 0 Å². The number of fused-ring (bicyclic) bond motifs is 4. The number of benzene rings is 2. The van der Waals surface area contributed by atoms with E-state index in [1.165, 1.54) is 25.7 Å². The van der Waals surface area contributed by atoms with Gasteiger partial charge in [-0.3, -0.25) is 0 Å². The fourth-order valence-corrected chi connectivity index (χ4v) is 4.37. The van der Waals surface area contributed by atoms with Gasteiger partial charge in [0.25, 0.3) is 0 Å².